The van der Waals surface area contributed by atoms with Crippen molar-refractivity contribution in [2.24, 2.45) is 0 Å². The van der Waals surface area contributed by atoms with Gasteiger partial charge in [-0.3, -0.25) is 14.9 Å². The zero-order valence-electron chi connectivity index (χ0n) is 14.6. The van der Waals surface area contributed by atoms with Crippen LogP contribution in [0.15, 0.2) is 30.5 Å². The maximum atomic E-state index is 12.7. The van der Waals surface area contributed by atoms with Crippen LogP contribution in [0.2, 0.25) is 10.0 Å². The van der Waals surface area contributed by atoms with Crippen LogP contribution in [0.1, 0.15) is 15.9 Å². The van der Waals surface area contributed by atoms with Crippen LogP contribution in [0.4, 0.5) is 24.7 Å². The van der Waals surface area contributed by atoms with E-state index < -0.39 is 22.6 Å². The number of aromatic nitrogens is 1. The number of halogens is 5. The molecule has 1 aliphatic rings. The molecule has 3 rings (SSSR count). The summed E-state index contributed by atoms with van der Waals surface area (Å²) in [5.74, 6) is -0.273. The van der Waals surface area contributed by atoms with Gasteiger partial charge in [-0.2, -0.15) is 13.2 Å². The average molecular weight is 449 g/mol. The van der Waals surface area contributed by atoms with Gasteiger partial charge in [0, 0.05) is 44.5 Å². The molecule has 2 heterocycles. The molecule has 7 nitrogen and oxygen atoms in total. The minimum atomic E-state index is -4.54. The van der Waals surface area contributed by atoms with Gasteiger partial charge in [0.05, 0.1) is 26.1 Å². The van der Waals surface area contributed by atoms with Crippen molar-refractivity contribution in [3.05, 3.63) is 61.7 Å². The highest BCUT2D eigenvalue weighted by Crippen LogP contribution is 2.34. The number of hydrogen-bond acceptors (Lipinski definition) is 5. The van der Waals surface area contributed by atoms with Gasteiger partial charge in [-0.1, -0.05) is 23.2 Å². The Labute approximate surface area is 172 Å². The molecule has 0 aliphatic carbocycles. The molecule has 0 unspecified atom stereocenters. The fourth-order valence-electron chi connectivity index (χ4n) is 2.90. The van der Waals surface area contributed by atoms with Gasteiger partial charge in [0.2, 0.25) is 0 Å². The lowest BCUT2D eigenvalue weighted by atomic mass is 10.1. The van der Waals surface area contributed by atoms with Crippen molar-refractivity contribution in [3.63, 3.8) is 0 Å². The number of carbonyl (C=O) groups is 1. The molecule has 1 aromatic heterocycles. The normalized spacial score (nSPS) is 14.8. The first-order valence-corrected chi connectivity index (χ1v) is 9.04. The molecule has 0 bridgehead atoms. The topological polar surface area (TPSA) is 79.6 Å². The molecule has 0 N–H and O–H groups in total. The molecule has 154 valence electrons. The molecule has 1 saturated heterocycles. The lowest BCUT2D eigenvalue weighted by Crippen LogP contribution is -2.49. The Hall–Kier alpha value is -2.59. The van der Waals surface area contributed by atoms with E-state index in [0.29, 0.717) is 6.20 Å². The van der Waals surface area contributed by atoms with Crippen LogP contribution in [-0.4, -0.2) is 46.9 Å². The predicted octanol–water partition coefficient (Wildman–Crippen LogP) is 4.28. The van der Waals surface area contributed by atoms with Crippen LogP contribution < -0.4 is 4.90 Å². The molecule has 1 aromatic carbocycles. The minimum Gasteiger partial charge on any atom is -0.352 e. The second-order valence-electron chi connectivity index (χ2n) is 6.23. The quantitative estimate of drug-likeness (QED) is 0.517. The molecule has 0 saturated carbocycles. The largest absolute Gasteiger partial charge is 0.417 e. The van der Waals surface area contributed by atoms with E-state index in [1.165, 1.54) is 17.0 Å². The highest BCUT2D eigenvalue weighted by Gasteiger charge is 2.32. The number of nitrogens with zero attached hydrogens (tertiary/aromatic N) is 4. The second kappa shape index (κ2) is 8.03. The Kier molecular flexibility index (Phi) is 5.85. The van der Waals surface area contributed by atoms with Gasteiger partial charge >= 0.3 is 6.18 Å². The predicted molar refractivity (Wildman–Crippen MR) is 100 cm³/mol. The second-order valence-corrected chi connectivity index (χ2v) is 7.04. The maximum Gasteiger partial charge on any atom is 0.417 e. The molecular formula is C17H13Cl2F3N4O3. The number of alkyl halides is 3. The Morgan fingerprint density at radius 1 is 1.10 bits per heavy atom. The average Bonchev–Trinajstić information content (AvgIpc) is 2.67. The first-order valence-electron chi connectivity index (χ1n) is 8.29. The fourth-order valence-corrected chi connectivity index (χ4v) is 3.39. The highest BCUT2D eigenvalue weighted by molar-refractivity contribution is 6.34. The van der Waals surface area contributed by atoms with Crippen molar-refractivity contribution < 1.29 is 22.9 Å². The Morgan fingerprint density at radius 3 is 2.31 bits per heavy atom. The van der Waals surface area contributed by atoms with Crippen molar-refractivity contribution in [3.8, 4) is 0 Å². The van der Waals surface area contributed by atoms with E-state index in [4.69, 9.17) is 23.2 Å². The summed E-state index contributed by atoms with van der Waals surface area (Å²) in [6, 6.07) is 4.42. The summed E-state index contributed by atoms with van der Waals surface area (Å²) in [5.41, 5.74) is -1.18. The van der Waals surface area contributed by atoms with Gasteiger partial charge in [-0.15, -0.1) is 0 Å². The third kappa shape index (κ3) is 4.54. The monoisotopic (exact) mass is 448 g/mol. The van der Waals surface area contributed by atoms with Crippen LogP contribution in [0.3, 0.4) is 0 Å². The van der Waals surface area contributed by atoms with Crippen molar-refractivity contribution in [2.75, 3.05) is 31.1 Å². The van der Waals surface area contributed by atoms with Crippen molar-refractivity contribution in [1.82, 2.24) is 9.88 Å². The highest BCUT2D eigenvalue weighted by atomic mass is 35.5. The van der Waals surface area contributed by atoms with Crippen LogP contribution in [-0.2, 0) is 6.18 Å². The number of piperazine rings is 1. The molecule has 1 fully saturated rings. The third-order valence-corrected chi connectivity index (χ3v) is 5.01. The zero-order valence-corrected chi connectivity index (χ0v) is 16.1. The molecule has 1 aliphatic heterocycles. The molecule has 0 radical (unpaired) electrons. The van der Waals surface area contributed by atoms with E-state index in [2.05, 4.69) is 4.98 Å². The molecular weight excluding hydrogens is 436 g/mol. The summed E-state index contributed by atoms with van der Waals surface area (Å²) in [7, 11) is 0. The Balaban J connectivity index is 1.72. The summed E-state index contributed by atoms with van der Waals surface area (Å²) in [6.45, 7) is 0.987. The minimum absolute atomic E-state index is 0.0139. The number of non-ortho nitro benzene ring substituents is 1. The van der Waals surface area contributed by atoms with Gasteiger partial charge in [0.25, 0.3) is 11.6 Å². The van der Waals surface area contributed by atoms with Gasteiger partial charge in [-0.05, 0) is 12.1 Å². The standard InChI is InChI=1S/C17H13Cl2F3N4O3/c18-13-2-1-11(26(28)29)8-12(13)16(27)25-5-3-24(4-6-25)15-14(19)7-10(9-23-15)17(20,21)22/h1-2,7-9H,3-6H2. The van der Waals surface area contributed by atoms with E-state index in [-0.39, 0.29) is 53.3 Å². The first kappa shape index (κ1) is 21.1. The fraction of sp³-hybridized carbons (Fsp3) is 0.294. The Morgan fingerprint density at radius 2 is 1.76 bits per heavy atom. The maximum absolute atomic E-state index is 12.7. The van der Waals surface area contributed by atoms with Crippen LogP contribution in [0, 0.1) is 10.1 Å². The van der Waals surface area contributed by atoms with Crippen molar-refractivity contribution in [1.29, 1.82) is 0 Å². The molecule has 1 amide bonds. The van der Waals surface area contributed by atoms with E-state index >= 15 is 0 Å². The molecule has 0 atom stereocenters. The molecule has 2 aromatic rings. The summed E-state index contributed by atoms with van der Waals surface area (Å²) in [6.07, 6.45) is -3.83. The zero-order chi connectivity index (χ0) is 21.3. The summed E-state index contributed by atoms with van der Waals surface area (Å²) < 4.78 is 38.2. The van der Waals surface area contributed by atoms with Crippen LogP contribution >= 0.6 is 23.2 Å². The summed E-state index contributed by atoms with van der Waals surface area (Å²) in [5, 5.41) is 10.9. The Bertz CT molecular complexity index is 963. The molecule has 0 spiro atoms. The number of amides is 1. The van der Waals surface area contributed by atoms with Gasteiger partial charge in [0.1, 0.15) is 5.82 Å². The number of rotatable bonds is 3. The SMILES string of the molecule is O=C(c1cc([N+](=O)[O-])ccc1Cl)N1CCN(c2ncc(C(F)(F)F)cc2Cl)CC1. The number of anilines is 1. The number of carbonyl (C=O) groups excluding carboxylic acids is 1. The number of hydrogen-bond donors (Lipinski definition) is 0. The summed E-state index contributed by atoms with van der Waals surface area (Å²) >= 11 is 12.0. The van der Waals surface area contributed by atoms with Crippen molar-refractivity contribution >= 4 is 40.6 Å². The lowest BCUT2D eigenvalue weighted by Gasteiger charge is -2.36. The smallest absolute Gasteiger partial charge is 0.352 e. The molecule has 29 heavy (non-hydrogen) atoms. The number of benzene rings is 1. The lowest BCUT2D eigenvalue weighted by molar-refractivity contribution is -0.384. The van der Waals surface area contributed by atoms with Crippen molar-refractivity contribution in [2.45, 2.75) is 6.18 Å². The number of nitro benzene ring substituents is 1. The first-order chi connectivity index (χ1) is 13.6. The van der Waals surface area contributed by atoms with Crippen LogP contribution in [0.5, 0.6) is 0 Å². The van der Waals surface area contributed by atoms with Gasteiger partial charge in [-0.25, -0.2) is 4.98 Å². The van der Waals surface area contributed by atoms with E-state index in [9.17, 15) is 28.1 Å². The van der Waals surface area contributed by atoms with E-state index in [0.717, 1.165) is 12.1 Å². The number of nitro groups is 1. The third-order valence-electron chi connectivity index (χ3n) is 4.41. The van der Waals surface area contributed by atoms with Crippen LogP contribution in [0.25, 0.3) is 0 Å². The summed E-state index contributed by atoms with van der Waals surface area (Å²) in [4.78, 5) is 29.9. The van der Waals surface area contributed by atoms with Gasteiger partial charge < -0.3 is 9.80 Å². The van der Waals surface area contributed by atoms with E-state index in [1.54, 1.807) is 4.90 Å². The van der Waals surface area contributed by atoms with Gasteiger partial charge in [0.15, 0.2) is 0 Å². The van der Waals surface area contributed by atoms with E-state index in [1.807, 2.05) is 0 Å². The number of pyridine rings is 1. The molecule has 12 heteroatoms.